The highest BCUT2D eigenvalue weighted by atomic mass is 32.1. The molecule has 0 radical (unpaired) electrons. The first kappa shape index (κ1) is 25.0. The molecule has 186 valence electrons. The fourth-order valence-corrected chi connectivity index (χ4v) is 5.31. The Morgan fingerprint density at radius 3 is 2.51 bits per heavy atom. The van der Waals surface area contributed by atoms with Gasteiger partial charge in [-0.3, -0.25) is 9.59 Å². The van der Waals surface area contributed by atoms with E-state index in [0.717, 1.165) is 26.6 Å². The Hall–Kier alpha value is -3.11. The Kier molecular flexibility index (Phi) is 7.32. The number of nitrogens with zero attached hydrogens (tertiary/aromatic N) is 3. The lowest BCUT2D eigenvalue weighted by Crippen LogP contribution is -2.51. The van der Waals surface area contributed by atoms with Crippen molar-refractivity contribution < 1.29 is 23.6 Å². The van der Waals surface area contributed by atoms with Crippen molar-refractivity contribution in [2.45, 2.75) is 58.0 Å². The number of rotatable bonds is 7. The van der Waals surface area contributed by atoms with Crippen molar-refractivity contribution in [3.05, 3.63) is 59.1 Å². The number of likely N-dealkylation sites (tertiary alicyclic amines) is 1. The molecule has 2 aromatic heterocycles. The van der Waals surface area contributed by atoms with E-state index in [4.69, 9.17) is 4.52 Å². The van der Waals surface area contributed by atoms with Crippen LogP contribution in [0.3, 0.4) is 0 Å². The van der Waals surface area contributed by atoms with Gasteiger partial charge in [0.1, 0.15) is 23.8 Å². The number of aliphatic hydroxyl groups is 1. The molecule has 1 aliphatic heterocycles. The van der Waals surface area contributed by atoms with Crippen LogP contribution in [0.2, 0.25) is 0 Å². The first-order valence-electron chi connectivity index (χ1n) is 11.5. The summed E-state index contributed by atoms with van der Waals surface area (Å²) in [7, 11) is 0. The summed E-state index contributed by atoms with van der Waals surface area (Å²) in [5.74, 6) is -1.73. The standard InChI is InChI=1S/C25H29FN4O4S/c1-13(2)20(19-9-10-28-34-19)25(33)30-11-18(31)21(26)22(30)24(32)29-14(3)16-5-7-17(8-6-16)23-15(4)27-12-35-23/h5-10,12-14,18,20-22,31H,11H2,1-4H3,(H,29,32)/t14-,18-,20+,21-,22-/m0/s1. The van der Waals surface area contributed by atoms with Crippen molar-refractivity contribution in [2.75, 3.05) is 6.54 Å². The Balaban J connectivity index is 1.50. The second kappa shape index (κ2) is 10.2. The third-order valence-corrected chi connectivity index (χ3v) is 7.39. The van der Waals surface area contributed by atoms with E-state index in [1.165, 1.54) is 6.20 Å². The summed E-state index contributed by atoms with van der Waals surface area (Å²) in [6.45, 7) is 7.14. The third kappa shape index (κ3) is 4.99. The maximum absolute atomic E-state index is 15.0. The number of aryl methyl sites for hydroxylation is 1. The van der Waals surface area contributed by atoms with Crippen LogP contribution in [0.1, 0.15) is 49.7 Å². The molecule has 1 saturated heterocycles. The smallest absolute Gasteiger partial charge is 0.246 e. The lowest BCUT2D eigenvalue weighted by Gasteiger charge is -2.29. The van der Waals surface area contributed by atoms with Crippen molar-refractivity contribution in [3.8, 4) is 10.4 Å². The van der Waals surface area contributed by atoms with Gasteiger partial charge >= 0.3 is 0 Å². The molecule has 5 atom stereocenters. The summed E-state index contributed by atoms with van der Waals surface area (Å²) in [6.07, 6.45) is -1.91. The maximum Gasteiger partial charge on any atom is 0.246 e. The van der Waals surface area contributed by atoms with Gasteiger partial charge in [0.25, 0.3) is 0 Å². The number of nitrogens with one attached hydrogen (secondary N) is 1. The summed E-state index contributed by atoms with van der Waals surface area (Å²) < 4.78 is 20.2. The Bertz CT molecular complexity index is 1160. The summed E-state index contributed by atoms with van der Waals surface area (Å²) in [5.41, 5.74) is 4.61. The van der Waals surface area contributed by atoms with Crippen LogP contribution in [-0.4, -0.2) is 56.8 Å². The number of hydrogen-bond donors (Lipinski definition) is 2. The maximum atomic E-state index is 15.0. The molecule has 0 aliphatic carbocycles. The van der Waals surface area contributed by atoms with Crippen LogP contribution in [0.25, 0.3) is 10.4 Å². The van der Waals surface area contributed by atoms with Gasteiger partial charge in [-0.2, -0.15) is 0 Å². The lowest BCUT2D eigenvalue weighted by atomic mass is 9.91. The van der Waals surface area contributed by atoms with Gasteiger partial charge in [-0.05, 0) is 30.9 Å². The van der Waals surface area contributed by atoms with Gasteiger partial charge in [-0.15, -0.1) is 11.3 Å². The van der Waals surface area contributed by atoms with E-state index < -0.39 is 42.1 Å². The molecule has 10 heteroatoms. The highest BCUT2D eigenvalue weighted by Gasteiger charge is 2.50. The van der Waals surface area contributed by atoms with Crippen molar-refractivity contribution in [2.24, 2.45) is 5.92 Å². The Morgan fingerprint density at radius 1 is 1.23 bits per heavy atom. The quantitative estimate of drug-likeness (QED) is 0.513. The minimum Gasteiger partial charge on any atom is -0.388 e. The van der Waals surface area contributed by atoms with Gasteiger partial charge in [0.15, 0.2) is 6.17 Å². The molecule has 0 bridgehead atoms. The van der Waals surface area contributed by atoms with Crippen LogP contribution >= 0.6 is 11.3 Å². The zero-order valence-corrected chi connectivity index (χ0v) is 20.8. The predicted molar refractivity (Wildman–Crippen MR) is 129 cm³/mol. The number of aromatic nitrogens is 2. The molecule has 35 heavy (non-hydrogen) atoms. The number of thiazole rings is 1. The number of β-amino-alcohol motifs (C(OH)–C–C–N with tert-alkyl or cyclic N) is 1. The second-order valence-corrected chi connectivity index (χ2v) is 10.1. The van der Waals surface area contributed by atoms with E-state index >= 15 is 4.39 Å². The molecule has 3 heterocycles. The normalized spacial score (nSPS) is 21.8. The minimum atomic E-state index is -1.90. The van der Waals surface area contributed by atoms with Crippen LogP contribution in [0.4, 0.5) is 4.39 Å². The topological polar surface area (TPSA) is 109 Å². The number of benzene rings is 1. The highest BCUT2D eigenvalue weighted by molar-refractivity contribution is 7.13. The van der Waals surface area contributed by atoms with Crippen molar-refractivity contribution >= 4 is 23.2 Å². The number of alkyl halides is 1. The van der Waals surface area contributed by atoms with Crippen molar-refractivity contribution in [1.82, 2.24) is 20.4 Å². The molecular weight excluding hydrogens is 471 g/mol. The first-order valence-corrected chi connectivity index (χ1v) is 12.4. The van der Waals surface area contributed by atoms with E-state index in [9.17, 15) is 14.7 Å². The van der Waals surface area contributed by atoms with Crippen LogP contribution in [-0.2, 0) is 9.59 Å². The number of hydrogen-bond acceptors (Lipinski definition) is 7. The molecule has 2 N–H and O–H groups in total. The predicted octanol–water partition coefficient (Wildman–Crippen LogP) is 3.63. The summed E-state index contributed by atoms with van der Waals surface area (Å²) in [6, 6.07) is 7.41. The van der Waals surface area contributed by atoms with Crippen molar-refractivity contribution in [3.63, 3.8) is 0 Å². The van der Waals surface area contributed by atoms with Gasteiger partial charge in [0.2, 0.25) is 11.8 Å². The fraction of sp³-hybridized carbons (Fsp3) is 0.440. The van der Waals surface area contributed by atoms with Gasteiger partial charge < -0.3 is 19.8 Å². The van der Waals surface area contributed by atoms with Gasteiger partial charge in [0.05, 0.1) is 34.9 Å². The summed E-state index contributed by atoms with van der Waals surface area (Å²) >= 11 is 1.56. The molecule has 0 unspecified atom stereocenters. The van der Waals surface area contributed by atoms with Gasteiger partial charge in [-0.1, -0.05) is 43.3 Å². The molecule has 4 rings (SSSR count). The SMILES string of the molecule is Cc1ncsc1-c1ccc([C@H](C)NC(=O)[C@@H]2[C@@H](F)[C@@H](O)CN2C(=O)[C@@H](c2ccno2)C(C)C)cc1. The molecule has 1 aromatic carbocycles. The molecule has 0 spiro atoms. The number of aliphatic hydroxyl groups excluding tert-OH is 1. The number of carbonyl (C=O) groups is 2. The van der Waals surface area contributed by atoms with Crippen LogP contribution < -0.4 is 5.32 Å². The highest BCUT2D eigenvalue weighted by Crippen LogP contribution is 2.32. The van der Waals surface area contributed by atoms with E-state index in [0.29, 0.717) is 5.76 Å². The van der Waals surface area contributed by atoms with Crippen LogP contribution in [0.15, 0.2) is 46.6 Å². The Morgan fingerprint density at radius 2 is 1.94 bits per heavy atom. The number of carbonyl (C=O) groups excluding carboxylic acids is 2. The largest absolute Gasteiger partial charge is 0.388 e. The third-order valence-electron chi connectivity index (χ3n) is 6.41. The average Bonchev–Trinajstić information content (AvgIpc) is 3.55. The zero-order chi connectivity index (χ0) is 25.3. The second-order valence-electron chi connectivity index (χ2n) is 9.20. The van der Waals surface area contributed by atoms with E-state index in [1.54, 1.807) is 29.8 Å². The molecule has 1 aliphatic rings. The van der Waals surface area contributed by atoms with Crippen molar-refractivity contribution in [1.29, 1.82) is 0 Å². The monoisotopic (exact) mass is 500 g/mol. The van der Waals surface area contributed by atoms with Gasteiger partial charge in [0, 0.05) is 6.07 Å². The Labute approximate surface area is 207 Å². The molecule has 2 amide bonds. The molecule has 0 saturated carbocycles. The molecule has 1 fully saturated rings. The van der Waals surface area contributed by atoms with E-state index in [-0.39, 0.29) is 12.5 Å². The van der Waals surface area contributed by atoms with E-state index in [2.05, 4.69) is 15.5 Å². The number of amides is 2. The molecule has 8 nitrogen and oxygen atoms in total. The zero-order valence-electron chi connectivity index (χ0n) is 20.0. The number of halogens is 1. The fourth-order valence-electron chi connectivity index (χ4n) is 4.50. The first-order chi connectivity index (χ1) is 16.7. The summed E-state index contributed by atoms with van der Waals surface area (Å²) in [4.78, 5) is 33.1. The molecule has 3 aromatic rings. The van der Waals surface area contributed by atoms with Crippen LogP contribution in [0, 0.1) is 12.8 Å². The van der Waals surface area contributed by atoms with Crippen LogP contribution in [0.5, 0.6) is 0 Å². The summed E-state index contributed by atoms with van der Waals surface area (Å²) in [5, 5.41) is 16.7. The average molecular weight is 501 g/mol. The minimum absolute atomic E-state index is 0.186. The molecular formula is C25H29FN4O4S. The van der Waals surface area contributed by atoms with E-state index in [1.807, 2.05) is 45.0 Å². The van der Waals surface area contributed by atoms with Gasteiger partial charge in [-0.25, -0.2) is 9.37 Å². The lowest BCUT2D eigenvalue weighted by molar-refractivity contribution is -0.142.